The van der Waals surface area contributed by atoms with E-state index in [0.717, 1.165) is 38.0 Å². The molecule has 1 aromatic rings. The van der Waals surface area contributed by atoms with Gasteiger partial charge < -0.3 is 4.74 Å². The van der Waals surface area contributed by atoms with Gasteiger partial charge in [0, 0.05) is 6.54 Å². The topological polar surface area (TPSA) is 29.5 Å². The van der Waals surface area contributed by atoms with Gasteiger partial charge in [-0.15, -0.1) is 0 Å². The molecule has 0 amide bonds. The van der Waals surface area contributed by atoms with E-state index in [4.69, 9.17) is 4.74 Å². The van der Waals surface area contributed by atoms with Gasteiger partial charge in [0.05, 0.1) is 5.56 Å². The number of piperidine rings is 1. The summed E-state index contributed by atoms with van der Waals surface area (Å²) < 4.78 is 5.57. The highest BCUT2D eigenvalue weighted by atomic mass is 16.5. The minimum atomic E-state index is -0.196. The van der Waals surface area contributed by atoms with Crippen LogP contribution in [0.5, 0.6) is 0 Å². The van der Waals surface area contributed by atoms with Crippen molar-refractivity contribution in [2.75, 3.05) is 19.6 Å². The van der Waals surface area contributed by atoms with E-state index in [0.29, 0.717) is 5.56 Å². The maximum Gasteiger partial charge on any atom is 0.338 e. The van der Waals surface area contributed by atoms with E-state index in [1.165, 1.54) is 0 Å². The number of esters is 1. The molecule has 1 aliphatic rings. The van der Waals surface area contributed by atoms with Crippen molar-refractivity contribution < 1.29 is 9.53 Å². The average molecular weight is 247 g/mol. The molecule has 1 saturated heterocycles. The van der Waals surface area contributed by atoms with Gasteiger partial charge in [0.2, 0.25) is 0 Å². The van der Waals surface area contributed by atoms with Gasteiger partial charge in [-0.25, -0.2) is 4.79 Å². The van der Waals surface area contributed by atoms with Gasteiger partial charge in [-0.1, -0.05) is 24.6 Å². The van der Waals surface area contributed by atoms with Crippen LogP contribution in [-0.2, 0) is 4.74 Å². The molecule has 1 unspecified atom stereocenters. The minimum Gasteiger partial charge on any atom is -0.457 e. The third kappa shape index (κ3) is 3.33. The van der Waals surface area contributed by atoms with E-state index in [1.54, 1.807) is 0 Å². The van der Waals surface area contributed by atoms with Gasteiger partial charge in [0.15, 0.2) is 0 Å². The second kappa shape index (κ2) is 6.01. The molecule has 98 valence electrons. The van der Waals surface area contributed by atoms with E-state index in [1.807, 2.05) is 31.2 Å². The van der Waals surface area contributed by atoms with Gasteiger partial charge in [0.25, 0.3) is 0 Å². The maximum atomic E-state index is 12.0. The molecule has 0 N–H and O–H groups in total. The summed E-state index contributed by atoms with van der Waals surface area (Å²) in [5.41, 5.74) is 1.80. The lowest BCUT2D eigenvalue weighted by molar-refractivity contribution is 0.00774. The molecule has 1 aromatic carbocycles. The van der Waals surface area contributed by atoms with Crippen molar-refractivity contribution in [3.8, 4) is 0 Å². The predicted octanol–water partition coefficient (Wildman–Crippen LogP) is 2.64. The van der Waals surface area contributed by atoms with Crippen LogP contribution in [-0.4, -0.2) is 36.6 Å². The summed E-state index contributed by atoms with van der Waals surface area (Å²) in [6, 6.07) is 7.54. The highest BCUT2D eigenvalue weighted by Gasteiger charge is 2.22. The van der Waals surface area contributed by atoms with Crippen molar-refractivity contribution in [2.45, 2.75) is 32.8 Å². The number of ether oxygens (including phenoxy) is 1. The molecule has 3 nitrogen and oxygen atoms in total. The van der Waals surface area contributed by atoms with Gasteiger partial charge in [-0.05, 0) is 45.0 Å². The summed E-state index contributed by atoms with van der Waals surface area (Å²) >= 11 is 0. The Kier molecular flexibility index (Phi) is 4.37. The number of likely N-dealkylation sites (N-methyl/N-ethyl adjacent to an activating group) is 1. The van der Waals surface area contributed by atoms with Gasteiger partial charge in [-0.3, -0.25) is 4.90 Å². The number of likely N-dealkylation sites (tertiary alicyclic amines) is 1. The number of hydrogen-bond acceptors (Lipinski definition) is 3. The van der Waals surface area contributed by atoms with Gasteiger partial charge in [0.1, 0.15) is 6.10 Å². The number of carbonyl (C=O) groups excluding carboxylic acids is 1. The SMILES string of the molecule is CCN1CCCC(OC(=O)c2ccc(C)cc2)C1. The summed E-state index contributed by atoms with van der Waals surface area (Å²) in [4.78, 5) is 14.3. The van der Waals surface area contributed by atoms with Crippen LogP contribution in [0.2, 0.25) is 0 Å². The lowest BCUT2D eigenvalue weighted by Gasteiger charge is -2.31. The average Bonchev–Trinajstić information content (AvgIpc) is 2.39. The molecule has 18 heavy (non-hydrogen) atoms. The first kappa shape index (κ1) is 13.1. The Morgan fingerprint density at radius 2 is 2.11 bits per heavy atom. The van der Waals surface area contributed by atoms with Crippen LogP contribution in [0, 0.1) is 6.92 Å². The molecule has 0 aliphatic carbocycles. The summed E-state index contributed by atoms with van der Waals surface area (Å²) in [5.74, 6) is -0.196. The van der Waals surface area contributed by atoms with E-state index in [9.17, 15) is 4.79 Å². The molecule has 0 spiro atoms. The summed E-state index contributed by atoms with van der Waals surface area (Å²) in [5, 5.41) is 0. The standard InChI is InChI=1S/C15H21NO2/c1-3-16-10-4-5-14(11-16)18-15(17)13-8-6-12(2)7-9-13/h6-9,14H,3-5,10-11H2,1-2H3. The normalized spacial score (nSPS) is 20.7. The minimum absolute atomic E-state index is 0.0486. The third-order valence-corrected chi connectivity index (χ3v) is 3.47. The molecule has 0 saturated carbocycles. The maximum absolute atomic E-state index is 12.0. The zero-order valence-corrected chi connectivity index (χ0v) is 11.2. The molecular weight excluding hydrogens is 226 g/mol. The monoisotopic (exact) mass is 247 g/mol. The van der Waals surface area contributed by atoms with E-state index in [2.05, 4.69) is 11.8 Å². The largest absolute Gasteiger partial charge is 0.457 e. The number of aryl methyl sites for hydroxylation is 1. The Morgan fingerprint density at radius 1 is 1.39 bits per heavy atom. The highest BCUT2D eigenvalue weighted by molar-refractivity contribution is 5.89. The summed E-state index contributed by atoms with van der Waals surface area (Å²) in [6.45, 7) is 7.17. The van der Waals surface area contributed by atoms with Crippen molar-refractivity contribution in [3.63, 3.8) is 0 Å². The van der Waals surface area contributed by atoms with Crippen LogP contribution in [0.3, 0.4) is 0 Å². The quantitative estimate of drug-likeness (QED) is 0.769. The van der Waals surface area contributed by atoms with Crippen LogP contribution in [0.25, 0.3) is 0 Å². The molecule has 2 rings (SSSR count). The van der Waals surface area contributed by atoms with Gasteiger partial charge >= 0.3 is 5.97 Å². The van der Waals surface area contributed by atoms with Crippen LogP contribution >= 0.6 is 0 Å². The number of carbonyl (C=O) groups is 1. The Morgan fingerprint density at radius 3 is 2.78 bits per heavy atom. The van der Waals surface area contributed by atoms with Crippen molar-refractivity contribution in [1.82, 2.24) is 4.90 Å². The van der Waals surface area contributed by atoms with Gasteiger partial charge in [-0.2, -0.15) is 0 Å². The predicted molar refractivity (Wildman–Crippen MR) is 71.7 cm³/mol. The number of hydrogen-bond donors (Lipinski definition) is 0. The summed E-state index contributed by atoms with van der Waals surface area (Å²) in [7, 11) is 0. The zero-order chi connectivity index (χ0) is 13.0. The molecule has 1 aliphatic heterocycles. The van der Waals surface area contributed by atoms with Crippen molar-refractivity contribution >= 4 is 5.97 Å². The molecule has 1 atom stereocenters. The van der Waals surface area contributed by atoms with Crippen LogP contribution in [0.1, 0.15) is 35.7 Å². The molecule has 1 heterocycles. The lowest BCUT2D eigenvalue weighted by atomic mass is 10.1. The molecule has 0 bridgehead atoms. The van der Waals surface area contributed by atoms with Crippen molar-refractivity contribution in [1.29, 1.82) is 0 Å². The highest BCUT2D eigenvalue weighted by Crippen LogP contribution is 2.15. The third-order valence-electron chi connectivity index (χ3n) is 3.47. The Hall–Kier alpha value is -1.35. The Bertz CT molecular complexity index is 399. The smallest absolute Gasteiger partial charge is 0.338 e. The number of benzene rings is 1. The first-order valence-corrected chi connectivity index (χ1v) is 6.69. The molecule has 1 fully saturated rings. The van der Waals surface area contributed by atoms with Crippen LogP contribution in [0.15, 0.2) is 24.3 Å². The second-order valence-electron chi connectivity index (χ2n) is 4.93. The first-order valence-electron chi connectivity index (χ1n) is 6.69. The number of rotatable bonds is 3. The fourth-order valence-corrected chi connectivity index (χ4v) is 2.31. The lowest BCUT2D eigenvalue weighted by Crippen LogP contribution is -2.40. The van der Waals surface area contributed by atoms with E-state index < -0.39 is 0 Å². The van der Waals surface area contributed by atoms with Crippen LogP contribution < -0.4 is 0 Å². The number of nitrogens with zero attached hydrogens (tertiary/aromatic N) is 1. The Balaban J connectivity index is 1.92. The van der Waals surface area contributed by atoms with Crippen molar-refractivity contribution in [3.05, 3.63) is 35.4 Å². The molecule has 0 aromatic heterocycles. The van der Waals surface area contributed by atoms with E-state index >= 15 is 0 Å². The van der Waals surface area contributed by atoms with E-state index in [-0.39, 0.29) is 12.1 Å². The Labute approximate surface area is 109 Å². The van der Waals surface area contributed by atoms with Crippen LogP contribution in [0.4, 0.5) is 0 Å². The fourth-order valence-electron chi connectivity index (χ4n) is 2.31. The first-order chi connectivity index (χ1) is 8.69. The molecule has 3 heteroatoms. The molecular formula is C15H21NO2. The second-order valence-corrected chi connectivity index (χ2v) is 4.93. The summed E-state index contributed by atoms with van der Waals surface area (Å²) in [6.07, 6.45) is 2.14. The fraction of sp³-hybridized carbons (Fsp3) is 0.533. The zero-order valence-electron chi connectivity index (χ0n) is 11.2. The van der Waals surface area contributed by atoms with Crippen molar-refractivity contribution in [2.24, 2.45) is 0 Å². The molecule has 0 radical (unpaired) electrons.